The maximum atomic E-state index is 9.77. The molecule has 1 N–H and O–H groups in total. The minimum Gasteiger partial charge on any atom is -0.389 e. The molecule has 0 radical (unpaired) electrons. The monoisotopic (exact) mass is 298 g/mol. The zero-order valence-corrected chi connectivity index (χ0v) is 12.1. The molecule has 0 aromatic heterocycles. The molecule has 18 heavy (non-hydrogen) atoms. The third kappa shape index (κ3) is 3.21. The highest BCUT2D eigenvalue weighted by atomic mass is 35.5. The van der Waals surface area contributed by atoms with Crippen LogP contribution in [0.1, 0.15) is 18.6 Å². The van der Waals surface area contributed by atoms with Crippen molar-refractivity contribution in [3.63, 3.8) is 0 Å². The number of aliphatic hydroxyl groups is 1. The second kappa shape index (κ2) is 5.98. The summed E-state index contributed by atoms with van der Waals surface area (Å²) in [5.74, 6) is 0. The summed E-state index contributed by atoms with van der Waals surface area (Å²) in [5, 5.41) is 11.1. The van der Waals surface area contributed by atoms with Crippen molar-refractivity contribution >= 4 is 35.0 Å². The normalized spacial score (nSPS) is 12.4. The number of benzene rings is 2. The lowest BCUT2D eigenvalue weighted by molar-refractivity contribution is 0.196. The van der Waals surface area contributed by atoms with Crippen molar-refractivity contribution in [2.24, 2.45) is 0 Å². The van der Waals surface area contributed by atoms with Gasteiger partial charge in [-0.05, 0) is 42.8 Å². The SMILES string of the molecule is CC(O)c1cc(Cl)ccc1Sc1ccccc1Cl. The molecule has 0 aliphatic rings. The van der Waals surface area contributed by atoms with Gasteiger partial charge in [-0.25, -0.2) is 0 Å². The van der Waals surface area contributed by atoms with Gasteiger partial charge in [-0.3, -0.25) is 0 Å². The largest absolute Gasteiger partial charge is 0.389 e. The first-order valence-electron chi connectivity index (χ1n) is 5.48. The first-order chi connectivity index (χ1) is 8.58. The molecule has 0 heterocycles. The van der Waals surface area contributed by atoms with E-state index in [-0.39, 0.29) is 0 Å². The third-order valence-corrected chi connectivity index (χ3v) is 4.32. The number of rotatable bonds is 3. The number of hydrogen-bond donors (Lipinski definition) is 1. The molecule has 1 atom stereocenters. The summed E-state index contributed by atoms with van der Waals surface area (Å²) in [4.78, 5) is 1.92. The Morgan fingerprint density at radius 3 is 2.44 bits per heavy atom. The molecular weight excluding hydrogens is 287 g/mol. The maximum absolute atomic E-state index is 9.77. The Morgan fingerprint density at radius 1 is 1.06 bits per heavy atom. The topological polar surface area (TPSA) is 20.2 Å². The van der Waals surface area contributed by atoms with Gasteiger partial charge in [-0.1, -0.05) is 47.1 Å². The van der Waals surface area contributed by atoms with Gasteiger partial charge in [0.15, 0.2) is 0 Å². The lowest BCUT2D eigenvalue weighted by Gasteiger charge is -2.12. The van der Waals surface area contributed by atoms with Crippen molar-refractivity contribution in [2.75, 3.05) is 0 Å². The van der Waals surface area contributed by atoms with Crippen LogP contribution in [0.3, 0.4) is 0 Å². The molecule has 2 aromatic rings. The van der Waals surface area contributed by atoms with Crippen molar-refractivity contribution in [1.29, 1.82) is 0 Å². The fourth-order valence-corrected chi connectivity index (χ4v) is 3.05. The van der Waals surface area contributed by atoms with Crippen LogP contribution in [0.2, 0.25) is 10.0 Å². The van der Waals surface area contributed by atoms with Crippen LogP contribution < -0.4 is 0 Å². The smallest absolute Gasteiger partial charge is 0.0773 e. The highest BCUT2D eigenvalue weighted by Crippen LogP contribution is 2.37. The van der Waals surface area contributed by atoms with Gasteiger partial charge in [-0.2, -0.15) is 0 Å². The van der Waals surface area contributed by atoms with Crippen LogP contribution >= 0.6 is 35.0 Å². The summed E-state index contributed by atoms with van der Waals surface area (Å²) < 4.78 is 0. The van der Waals surface area contributed by atoms with E-state index in [2.05, 4.69) is 0 Å². The standard InChI is InChI=1S/C14H12Cl2OS/c1-9(17)11-8-10(15)6-7-13(11)18-14-5-3-2-4-12(14)16/h2-9,17H,1H3. The molecule has 0 saturated heterocycles. The first kappa shape index (κ1) is 13.8. The fourth-order valence-electron chi connectivity index (χ4n) is 1.58. The van der Waals surface area contributed by atoms with E-state index in [1.54, 1.807) is 13.0 Å². The Morgan fingerprint density at radius 2 is 1.78 bits per heavy atom. The summed E-state index contributed by atoms with van der Waals surface area (Å²) in [6.07, 6.45) is -0.561. The van der Waals surface area contributed by atoms with Gasteiger partial charge in [0, 0.05) is 14.8 Å². The van der Waals surface area contributed by atoms with Crippen LogP contribution in [0.15, 0.2) is 52.3 Å². The second-order valence-electron chi connectivity index (χ2n) is 3.89. The van der Waals surface area contributed by atoms with Crippen molar-refractivity contribution in [3.05, 3.63) is 58.1 Å². The minimum atomic E-state index is -0.561. The predicted molar refractivity (Wildman–Crippen MR) is 77.7 cm³/mol. The van der Waals surface area contributed by atoms with E-state index in [1.165, 1.54) is 11.8 Å². The molecule has 2 rings (SSSR count). The summed E-state index contributed by atoms with van der Waals surface area (Å²) >= 11 is 13.6. The van der Waals surface area contributed by atoms with E-state index in [4.69, 9.17) is 23.2 Å². The number of aliphatic hydroxyl groups excluding tert-OH is 1. The first-order valence-corrected chi connectivity index (χ1v) is 7.05. The molecule has 1 unspecified atom stereocenters. The van der Waals surface area contributed by atoms with Crippen LogP contribution in [0.25, 0.3) is 0 Å². The van der Waals surface area contributed by atoms with E-state index in [9.17, 15) is 5.11 Å². The predicted octanol–water partition coefficient (Wildman–Crippen LogP) is 5.20. The van der Waals surface area contributed by atoms with Crippen molar-refractivity contribution in [1.82, 2.24) is 0 Å². The summed E-state index contributed by atoms with van der Waals surface area (Å²) in [6, 6.07) is 13.1. The van der Waals surface area contributed by atoms with Crippen LogP contribution in [-0.4, -0.2) is 5.11 Å². The van der Waals surface area contributed by atoms with E-state index in [0.29, 0.717) is 10.0 Å². The number of halogens is 2. The van der Waals surface area contributed by atoms with Gasteiger partial charge < -0.3 is 5.11 Å². The van der Waals surface area contributed by atoms with Crippen molar-refractivity contribution < 1.29 is 5.11 Å². The summed E-state index contributed by atoms with van der Waals surface area (Å²) in [6.45, 7) is 1.72. The Hall–Kier alpha value is -0.670. The quantitative estimate of drug-likeness (QED) is 0.840. The summed E-state index contributed by atoms with van der Waals surface area (Å²) in [7, 11) is 0. The van der Waals surface area contributed by atoms with E-state index in [1.807, 2.05) is 36.4 Å². The van der Waals surface area contributed by atoms with E-state index < -0.39 is 6.10 Å². The molecule has 4 heteroatoms. The van der Waals surface area contributed by atoms with E-state index in [0.717, 1.165) is 15.4 Å². The molecule has 0 spiro atoms. The molecule has 1 nitrogen and oxygen atoms in total. The Bertz CT molecular complexity index is 555. The lowest BCUT2D eigenvalue weighted by Crippen LogP contribution is -1.94. The van der Waals surface area contributed by atoms with Crippen molar-refractivity contribution in [3.8, 4) is 0 Å². The minimum absolute atomic E-state index is 0.561. The molecule has 0 amide bonds. The van der Waals surface area contributed by atoms with Crippen LogP contribution in [-0.2, 0) is 0 Å². The average Bonchev–Trinajstić information content (AvgIpc) is 2.34. The molecule has 0 aliphatic carbocycles. The lowest BCUT2D eigenvalue weighted by atomic mass is 10.1. The van der Waals surface area contributed by atoms with Crippen LogP contribution in [0.5, 0.6) is 0 Å². The highest BCUT2D eigenvalue weighted by molar-refractivity contribution is 7.99. The van der Waals surface area contributed by atoms with Gasteiger partial charge in [-0.15, -0.1) is 0 Å². The van der Waals surface area contributed by atoms with Gasteiger partial charge in [0.2, 0.25) is 0 Å². The number of hydrogen-bond acceptors (Lipinski definition) is 2. The fraction of sp³-hybridized carbons (Fsp3) is 0.143. The second-order valence-corrected chi connectivity index (χ2v) is 5.82. The molecular formula is C14H12Cl2OS. The van der Waals surface area contributed by atoms with Gasteiger partial charge in [0.1, 0.15) is 0 Å². The Kier molecular flexibility index (Phi) is 4.57. The van der Waals surface area contributed by atoms with E-state index >= 15 is 0 Å². The molecule has 2 aromatic carbocycles. The van der Waals surface area contributed by atoms with Crippen LogP contribution in [0.4, 0.5) is 0 Å². The molecule has 0 aliphatic heterocycles. The molecule has 94 valence electrons. The van der Waals surface area contributed by atoms with Gasteiger partial charge in [0.25, 0.3) is 0 Å². The summed E-state index contributed by atoms with van der Waals surface area (Å²) in [5.41, 5.74) is 0.812. The maximum Gasteiger partial charge on any atom is 0.0773 e. The van der Waals surface area contributed by atoms with Crippen LogP contribution in [0, 0.1) is 0 Å². The molecule has 0 bridgehead atoms. The zero-order chi connectivity index (χ0) is 13.1. The average molecular weight is 299 g/mol. The third-order valence-electron chi connectivity index (χ3n) is 2.48. The highest BCUT2D eigenvalue weighted by Gasteiger charge is 2.11. The molecule has 0 saturated carbocycles. The molecule has 0 fully saturated rings. The Balaban J connectivity index is 2.37. The Labute approximate surface area is 121 Å². The van der Waals surface area contributed by atoms with Gasteiger partial charge >= 0.3 is 0 Å². The van der Waals surface area contributed by atoms with Crippen molar-refractivity contribution in [2.45, 2.75) is 22.8 Å². The van der Waals surface area contributed by atoms with Gasteiger partial charge in [0.05, 0.1) is 11.1 Å². The zero-order valence-electron chi connectivity index (χ0n) is 9.73.